The van der Waals surface area contributed by atoms with Gasteiger partial charge in [0.15, 0.2) is 0 Å². The van der Waals surface area contributed by atoms with Crippen molar-refractivity contribution in [3.8, 4) is 5.75 Å². The molecule has 0 aliphatic heterocycles. The molecular formula is C12H15NO5. The molecule has 0 saturated carbocycles. The van der Waals surface area contributed by atoms with Crippen molar-refractivity contribution in [3.05, 3.63) is 35.2 Å². The van der Waals surface area contributed by atoms with Gasteiger partial charge in [-0.15, -0.1) is 0 Å². The van der Waals surface area contributed by atoms with Crippen molar-refractivity contribution in [2.45, 2.75) is 20.8 Å². The maximum Gasteiger partial charge on any atom is 0.328 e. The van der Waals surface area contributed by atoms with Crippen molar-refractivity contribution in [3.63, 3.8) is 0 Å². The molecule has 1 aromatic rings. The van der Waals surface area contributed by atoms with Gasteiger partial charge in [0.2, 0.25) is 0 Å². The topological polar surface area (TPSA) is 108 Å². The van der Waals surface area contributed by atoms with E-state index in [1.54, 1.807) is 6.92 Å². The Morgan fingerprint density at radius 2 is 1.56 bits per heavy atom. The van der Waals surface area contributed by atoms with Gasteiger partial charge in [-0.25, -0.2) is 9.59 Å². The van der Waals surface area contributed by atoms with Crippen molar-refractivity contribution in [2.24, 2.45) is 0 Å². The number of carboxylic acids is 2. The minimum atomic E-state index is -1.26. The molecule has 0 aromatic carbocycles. The van der Waals surface area contributed by atoms with Gasteiger partial charge in [0.1, 0.15) is 5.75 Å². The van der Waals surface area contributed by atoms with Gasteiger partial charge in [-0.05, 0) is 32.4 Å². The summed E-state index contributed by atoms with van der Waals surface area (Å²) in [5.74, 6) is -2.20. The summed E-state index contributed by atoms with van der Waals surface area (Å²) in [6, 6.07) is 1.86. The number of hydrogen-bond acceptors (Lipinski definition) is 4. The van der Waals surface area contributed by atoms with Crippen molar-refractivity contribution in [1.29, 1.82) is 0 Å². The Morgan fingerprint density at radius 1 is 1.11 bits per heavy atom. The molecule has 0 atom stereocenters. The van der Waals surface area contributed by atoms with Crippen molar-refractivity contribution in [1.82, 2.24) is 4.98 Å². The van der Waals surface area contributed by atoms with Crippen LogP contribution in [-0.4, -0.2) is 32.2 Å². The Kier molecular flexibility index (Phi) is 6.12. The largest absolute Gasteiger partial charge is 0.506 e. The first-order chi connectivity index (χ1) is 8.23. The van der Waals surface area contributed by atoms with Gasteiger partial charge in [0, 0.05) is 17.8 Å². The Morgan fingerprint density at radius 3 is 1.89 bits per heavy atom. The number of nitrogens with zero attached hydrogens (tertiary/aromatic N) is 1. The van der Waals surface area contributed by atoms with Crippen LogP contribution in [0.1, 0.15) is 17.0 Å². The first-order valence-electron chi connectivity index (χ1n) is 5.01. The molecular weight excluding hydrogens is 238 g/mol. The summed E-state index contributed by atoms with van der Waals surface area (Å²) in [7, 11) is 0. The van der Waals surface area contributed by atoms with Crippen LogP contribution in [0.5, 0.6) is 5.75 Å². The van der Waals surface area contributed by atoms with Crippen LogP contribution in [0.3, 0.4) is 0 Å². The lowest BCUT2D eigenvalue weighted by Gasteiger charge is -2.02. The molecule has 3 N–H and O–H groups in total. The van der Waals surface area contributed by atoms with E-state index in [-0.39, 0.29) is 0 Å². The first kappa shape index (κ1) is 15.6. The second-order valence-corrected chi connectivity index (χ2v) is 3.52. The minimum Gasteiger partial charge on any atom is -0.506 e. The van der Waals surface area contributed by atoms with E-state index < -0.39 is 11.9 Å². The highest BCUT2D eigenvalue weighted by molar-refractivity contribution is 5.89. The van der Waals surface area contributed by atoms with Crippen LogP contribution in [0.25, 0.3) is 0 Å². The molecule has 0 spiro atoms. The number of aryl methyl sites for hydroxylation is 3. The summed E-state index contributed by atoms with van der Waals surface area (Å²) in [6.45, 7) is 5.59. The lowest BCUT2D eigenvalue weighted by molar-refractivity contribution is -0.134. The Hall–Kier alpha value is -2.37. The molecule has 1 heterocycles. The van der Waals surface area contributed by atoms with E-state index in [1.165, 1.54) is 0 Å². The lowest BCUT2D eigenvalue weighted by atomic mass is 10.2. The van der Waals surface area contributed by atoms with Crippen molar-refractivity contribution < 1.29 is 24.9 Å². The van der Waals surface area contributed by atoms with Gasteiger partial charge < -0.3 is 15.3 Å². The molecule has 0 saturated heterocycles. The molecule has 0 fully saturated rings. The molecule has 18 heavy (non-hydrogen) atoms. The van der Waals surface area contributed by atoms with Gasteiger partial charge in [-0.1, -0.05) is 0 Å². The summed E-state index contributed by atoms with van der Waals surface area (Å²) in [4.78, 5) is 23.2. The van der Waals surface area contributed by atoms with Crippen LogP contribution >= 0.6 is 0 Å². The van der Waals surface area contributed by atoms with Crippen LogP contribution in [0, 0.1) is 20.8 Å². The van der Waals surface area contributed by atoms with Crippen LogP contribution in [0.15, 0.2) is 18.2 Å². The summed E-state index contributed by atoms with van der Waals surface area (Å²) in [5, 5.41) is 24.9. The maximum atomic E-state index is 9.55. The average Bonchev–Trinajstić information content (AvgIpc) is 2.24. The summed E-state index contributed by atoms with van der Waals surface area (Å²) in [6.07, 6.45) is 1.12. The predicted molar refractivity (Wildman–Crippen MR) is 64.5 cm³/mol. The SMILES string of the molecule is Cc1cc(C)c(O)c(C)n1.O=C(O)/C=C\C(=O)O. The van der Waals surface area contributed by atoms with E-state index >= 15 is 0 Å². The minimum absolute atomic E-state index is 0.311. The Bertz CT molecular complexity index is 440. The zero-order valence-corrected chi connectivity index (χ0v) is 10.3. The third kappa shape index (κ3) is 6.26. The molecule has 0 radical (unpaired) electrons. The smallest absolute Gasteiger partial charge is 0.328 e. The summed E-state index contributed by atoms with van der Waals surface area (Å²) in [5.41, 5.74) is 2.55. The number of aromatic nitrogens is 1. The third-order valence-electron chi connectivity index (χ3n) is 1.85. The van der Waals surface area contributed by atoms with Gasteiger partial charge >= 0.3 is 11.9 Å². The molecule has 1 aromatic heterocycles. The fourth-order valence-corrected chi connectivity index (χ4v) is 1.16. The van der Waals surface area contributed by atoms with Crippen LogP contribution in [0.4, 0.5) is 0 Å². The second-order valence-electron chi connectivity index (χ2n) is 3.52. The first-order valence-corrected chi connectivity index (χ1v) is 5.01. The standard InChI is InChI=1S/C8H11NO.C4H4O4/c1-5-4-6(2)9-7(3)8(5)10;5-3(6)1-2-4(7)8/h4,10H,1-3H3;1-2H,(H,5,6)(H,7,8)/b;2-1-. The third-order valence-corrected chi connectivity index (χ3v) is 1.85. The molecule has 1 rings (SSSR count). The van der Waals surface area contributed by atoms with E-state index in [0.29, 0.717) is 23.6 Å². The van der Waals surface area contributed by atoms with E-state index in [9.17, 15) is 14.7 Å². The molecule has 6 nitrogen and oxygen atoms in total. The highest BCUT2D eigenvalue weighted by Gasteiger charge is 2.00. The fraction of sp³-hybridized carbons (Fsp3) is 0.250. The van der Waals surface area contributed by atoms with Gasteiger partial charge in [0.05, 0.1) is 5.69 Å². The second kappa shape index (κ2) is 7.05. The molecule has 0 unspecified atom stereocenters. The van der Waals surface area contributed by atoms with Gasteiger partial charge in [-0.3, -0.25) is 4.98 Å². The summed E-state index contributed by atoms with van der Waals surface area (Å²) < 4.78 is 0. The molecule has 0 aliphatic rings. The van der Waals surface area contributed by atoms with Crippen LogP contribution < -0.4 is 0 Å². The van der Waals surface area contributed by atoms with Crippen molar-refractivity contribution >= 4 is 11.9 Å². The monoisotopic (exact) mass is 253 g/mol. The number of rotatable bonds is 2. The number of hydrogen-bond donors (Lipinski definition) is 3. The summed E-state index contributed by atoms with van der Waals surface area (Å²) >= 11 is 0. The zero-order chi connectivity index (χ0) is 14.3. The quantitative estimate of drug-likeness (QED) is 0.688. The average molecular weight is 253 g/mol. The van der Waals surface area contributed by atoms with Gasteiger partial charge in [-0.2, -0.15) is 0 Å². The lowest BCUT2D eigenvalue weighted by Crippen LogP contribution is -1.91. The van der Waals surface area contributed by atoms with E-state index in [2.05, 4.69) is 4.98 Å². The van der Waals surface area contributed by atoms with Crippen LogP contribution in [0.2, 0.25) is 0 Å². The van der Waals surface area contributed by atoms with E-state index in [0.717, 1.165) is 11.3 Å². The van der Waals surface area contributed by atoms with E-state index in [4.69, 9.17) is 10.2 Å². The number of pyridine rings is 1. The highest BCUT2D eigenvalue weighted by atomic mass is 16.4. The fourth-order valence-electron chi connectivity index (χ4n) is 1.16. The number of aliphatic carboxylic acids is 2. The predicted octanol–water partition coefficient (Wildman–Crippen LogP) is 1.42. The van der Waals surface area contributed by atoms with Gasteiger partial charge in [0.25, 0.3) is 0 Å². The normalized spacial score (nSPS) is 9.72. The molecule has 0 amide bonds. The molecule has 0 bridgehead atoms. The Labute approximate surface area is 104 Å². The zero-order valence-electron chi connectivity index (χ0n) is 10.3. The molecule has 6 heteroatoms. The highest BCUT2D eigenvalue weighted by Crippen LogP contribution is 2.18. The maximum absolute atomic E-state index is 9.55. The van der Waals surface area contributed by atoms with Crippen molar-refractivity contribution in [2.75, 3.05) is 0 Å². The number of carbonyl (C=O) groups is 2. The molecule has 0 aliphatic carbocycles. The van der Waals surface area contributed by atoms with Crippen LogP contribution in [-0.2, 0) is 9.59 Å². The molecule has 98 valence electrons. The number of carboxylic acid groups (broad SMARTS) is 2. The van der Waals surface area contributed by atoms with E-state index in [1.807, 2.05) is 19.9 Å². The Balaban J connectivity index is 0.000000331. The number of aromatic hydroxyl groups is 1.